The predicted octanol–water partition coefficient (Wildman–Crippen LogP) is 5.59. The molecule has 142 valence electrons. The number of allylic oxidation sites excluding steroid dienone is 5. The molecular formula is C23H26FNO2. The Morgan fingerprint density at radius 1 is 1.37 bits per heavy atom. The summed E-state index contributed by atoms with van der Waals surface area (Å²) in [6, 6.07) is 6.19. The Balaban J connectivity index is 2.27. The zero-order valence-corrected chi connectivity index (χ0v) is 16.6. The highest BCUT2D eigenvalue weighted by Gasteiger charge is 2.39. The van der Waals surface area contributed by atoms with E-state index in [0.29, 0.717) is 12.1 Å². The predicted molar refractivity (Wildman–Crippen MR) is 106 cm³/mol. The van der Waals surface area contributed by atoms with Crippen LogP contribution in [0.1, 0.15) is 46.6 Å². The van der Waals surface area contributed by atoms with E-state index in [1.165, 1.54) is 12.1 Å². The fourth-order valence-corrected chi connectivity index (χ4v) is 2.69. The third kappa shape index (κ3) is 5.59. The van der Waals surface area contributed by atoms with E-state index >= 15 is 0 Å². The SMILES string of the molecule is CC=C(C#Cc1cccc(F)c1)C=CC(=C(C)CC)N1CC(C)(C)OC1=O. The van der Waals surface area contributed by atoms with Gasteiger partial charge < -0.3 is 4.74 Å². The molecule has 0 radical (unpaired) electrons. The Morgan fingerprint density at radius 2 is 2.11 bits per heavy atom. The fourth-order valence-electron chi connectivity index (χ4n) is 2.69. The van der Waals surface area contributed by atoms with Crippen molar-refractivity contribution < 1.29 is 13.9 Å². The molecule has 1 aromatic rings. The monoisotopic (exact) mass is 367 g/mol. The molecule has 1 saturated heterocycles. The number of hydrogen-bond acceptors (Lipinski definition) is 2. The molecule has 1 heterocycles. The average Bonchev–Trinajstić information content (AvgIpc) is 2.89. The summed E-state index contributed by atoms with van der Waals surface area (Å²) in [6.07, 6.45) is 6.15. The van der Waals surface area contributed by atoms with Gasteiger partial charge in [-0.3, -0.25) is 4.90 Å². The van der Waals surface area contributed by atoms with E-state index in [9.17, 15) is 9.18 Å². The van der Waals surface area contributed by atoms with E-state index in [1.807, 2.05) is 45.9 Å². The number of amides is 1. The first-order valence-electron chi connectivity index (χ1n) is 9.08. The molecule has 0 unspecified atom stereocenters. The number of benzene rings is 1. The molecule has 0 aromatic heterocycles. The van der Waals surface area contributed by atoms with Gasteiger partial charge in [-0.05, 0) is 70.0 Å². The van der Waals surface area contributed by atoms with E-state index in [-0.39, 0.29) is 11.9 Å². The first kappa shape index (κ1) is 20.5. The Kier molecular flexibility index (Phi) is 6.63. The van der Waals surface area contributed by atoms with E-state index in [1.54, 1.807) is 17.0 Å². The molecule has 27 heavy (non-hydrogen) atoms. The van der Waals surface area contributed by atoms with E-state index in [0.717, 1.165) is 23.3 Å². The molecule has 0 spiro atoms. The second-order valence-electron chi connectivity index (χ2n) is 7.07. The number of halogens is 1. The molecule has 3 nitrogen and oxygen atoms in total. The van der Waals surface area contributed by atoms with Crippen LogP contribution in [0.15, 0.2) is 59.3 Å². The molecule has 0 atom stereocenters. The minimum absolute atomic E-state index is 0.307. The maximum Gasteiger partial charge on any atom is 0.415 e. The van der Waals surface area contributed by atoms with Crippen molar-refractivity contribution >= 4 is 6.09 Å². The summed E-state index contributed by atoms with van der Waals surface area (Å²) < 4.78 is 18.7. The largest absolute Gasteiger partial charge is 0.441 e. The average molecular weight is 367 g/mol. The van der Waals surface area contributed by atoms with Crippen molar-refractivity contribution in [3.05, 3.63) is 70.7 Å². The summed E-state index contributed by atoms with van der Waals surface area (Å²) in [5.74, 6) is 5.70. The van der Waals surface area contributed by atoms with Crippen molar-refractivity contribution in [2.24, 2.45) is 0 Å². The molecule has 2 rings (SSSR count). The maximum atomic E-state index is 13.3. The van der Waals surface area contributed by atoms with E-state index in [4.69, 9.17) is 4.74 Å². The molecular weight excluding hydrogens is 341 g/mol. The number of cyclic esters (lactones) is 1. The number of ether oxygens (including phenoxy) is 1. The first-order chi connectivity index (χ1) is 12.8. The minimum atomic E-state index is -0.509. The van der Waals surface area contributed by atoms with Crippen molar-refractivity contribution in [3.8, 4) is 11.8 Å². The van der Waals surface area contributed by atoms with Crippen LogP contribution in [-0.4, -0.2) is 23.1 Å². The van der Waals surface area contributed by atoms with Crippen molar-refractivity contribution in [1.29, 1.82) is 0 Å². The van der Waals surface area contributed by atoms with Gasteiger partial charge in [0, 0.05) is 16.8 Å². The van der Waals surface area contributed by atoms with Crippen LogP contribution < -0.4 is 0 Å². The zero-order valence-electron chi connectivity index (χ0n) is 16.6. The summed E-state index contributed by atoms with van der Waals surface area (Å²) in [6.45, 7) is 10.2. The highest BCUT2D eigenvalue weighted by molar-refractivity contribution is 5.74. The lowest BCUT2D eigenvalue weighted by Gasteiger charge is -2.18. The van der Waals surface area contributed by atoms with Gasteiger partial charge in [0.15, 0.2) is 0 Å². The van der Waals surface area contributed by atoms with Crippen molar-refractivity contribution in [1.82, 2.24) is 4.90 Å². The summed E-state index contributed by atoms with van der Waals surface area (Å²) >= 11 is 0. The molecule has 1 fully saturated rings. The minimum Gasteiger partial charge on any atom is -0.441 e. The van der Waals surface area contributed by atoms with Gasteiger partial charge in [-0.25, -0.2) is 9.18 Å². The van der Waals surface area contributed by atoms with Crippen molar-refractivity contribution in [3.63, 3.8) is 0 Å². The van der Waals surface area contributed by atoms with Crippen LogP contribution in [0.3, 0.4) is 0 Å². The quantitative estimate of drug-likeness (QED) is 0.512. The Hall–Kier alpha value is -2.80. The van der Waals surface area contributed by atoms with Gasteiger partial charge in [0.25, 0.3) is 0 Å². The standard InChI is InChI=1S/C23H26FNO2/c1-6-17(3)21(25-16-23(4,5)27-22(25)26)14-13-18(7-2)11-12-19-9-8-10-20(24)15-19/h7-10,13-15H,6,16H2,1-5H3. The lowest BCUT2D eigenvalue weighted by molar-refractivity contribution is 0.0862. The van der Waals surface area contributed by atoms with Crippen LogP contribution >= 0.6 is 0 Å². The van der Waals surface area contributed by atoms with Crippen LogP contribution in [0, 0.1) is 17.7 Å². The van der Waals surface area contributed by atoms with Gasteiger partial charge in [0.2, 0.25) is 0 Å². The third-order valence-corrected chi connectivity index (χ3v) is 4.29. The Labute approximate surface area is 161 Å². The molecule has 0 saturated carbocycles. The number of rotatable bonds is 4. The molecule has 1 aromatic carbocycles. The van der Waals surface area contributed by atoms with Crippen LogP contribution in [0.25, 0.3) is 0 Å². The summed E-state index contributed by atoms with van der Waals surface area (Å²) in [4.78, 5) is 13.9. The summed E-state index contributed by atoms with van der Waals surface area (Å²) in [7, 11) is 0. The van der Waals surface area contributed by atoms with Gasteiger partial charge >= 0.3 is 6.09 Å². The maximum absolute atomic E-state index is 13.3. The van der Waals surface area contributed by atoms with Gasteiger partial charge in [0.1, 0.15) is 11.4 Å². The number of carbonyl (C=O) groups excluding carboxylic acids is 1. The fraction of sp³-hybridized carbons (Fsp3) is 0.348. The topological polar surface area (TPSA) is 29.5 Å². The zero-order chi connectivity index (χ0) is 20.0. The molecule has 0 bridgehead atoms. The Morgan fingerprint density at radius 3 is 2.67 bits per heavy atom. The van der Waals surface area contributed by atoms with Crippen molar-refractivity contribution in [2.45, 2.75) is 46.6 Å². The van der Waals surface area contributed by atoms with Gasteiger partial charge in [-0.15, -0.1) is 0 Å². The highest BCUT2D eigenvalue weighted by atomic mass is 19.1. The summed E-state index contributed by atoms with van der Waals surface area (Å²) in [5, 5.41) is 0. The normalized spacial score (nSPS) is 17.5. The third-order valence-electron chi connectivity index (χ3n) is 4.29. The van der Waals surface area contributed by atoms with Gasteiger partial charge in [-0.1, -0.05) is 30.9 Å². The summed E-state index contributed by atoms with van der Waals surface area (Å²) in [5.41, 5.74) is 2.82. The number of nitrogens with zero attached hydrogens (tertiary/aromatic N) is 1. The van der Waals surface area contributed by atoms with Crippen LogP contribution in [0.2, 0.25) is 0 Å². The Bertz CT molecular complexity index is 866. The number of carbonyl (C=O) groups is 1. The van der Waals surface area contributed by atoms with E-state index < -0.39 is 5.60 Å². The lowest BCUT2D eigenvalue weighted by Crippen LogP contribution is -2.28. The molecule has 0 N–H and O–H groups in total. The smallest absolute Gasteiger partial charge is 0.415 e. The van der Waals surface area contributed by atoms with Crippen molar-refractivity contribution in [2.75, 3.05) is 6.54 Å². The second kappa shape index (κ2) is 8.73. The highest BCUT2D eigenvalue weighted by Crippen LogP contribution is 2.28. The van der Waals surface area contributed by atoms with Crippen LogP contribution in [0.4, 0.5) is 9.18 Å². The first-order valence-corrected chi connectivity index (χ1v) is 9.08. The van der Waals surface area contributed by atoms with E-state index in [2.05, 4.69) is 18.8 Å². The van der Waals surface area contributed by atoms with Gasteiger partial charge in [0.05, 0.1) is 6.54 Å². The second-order valence-corrected chi connectivity index (χ2v) is 7.07. The molecule has 1 amide bonds. The van der Waals surface area contributed by atoms with Crippen LogP contribution in [0.5, 0.6) is 0 Å². The molecule has 4 heteroatoms. The molecule has 1 aliphatic heterocycles. The van der Waals surface area contributed by atoms with Crippen LogP contribution in [-0.2, 0) is 4.74 Å². The van der Waals surface area contributed by atoms with Gasteiger partial charge in [-0.2, -0.15) is 0 Å². The lowest BCUT2D eigenvalue weighted by atomic mass is 10.1. The molecule has 0 aliphatic carbocycles. The molecule has 1 aliphatic rings. The number of hydrogen-bond donors (Lipinski definition) is 0.